The Morgan fingerprint density at radius 1 is 0.727 bits per heavy atom. The Balaban J connectivity index is 1.15. The van der Waals surface area contributed by atoms with Crippen LogP contribution in [0.25, 0.3) is 11.1 Å². The van der Waals surface area contributed by atoms with Crippen LogP contribution in [0, 0.1) is 5.82 Å². The lowest BCUT2D eigenvalue weighted by Gasteiger charge is -2.27. The molecule has 44 heavy (non-hydrogen) atoms. The van der Waals surface area contributed by atoms with Gasteiger partial charge in [-0.1, -0.05) is 72.8 Å². The highest BCUT2D eigenvalue weighted by molar-refractivity contribution is 6.10. The van der Waals surface area contributed by atoms with Crippen LogP contribution in [0.15, 0.2) is 127 Å². The molecule has 0 aliphatic carbocycles. The molecule has 2 amide bonds. The molecule has 0 radical (unpaired) electrons. The van der Waals surface area contributed by atoms with E-state index in [-0.39, 0.29) is 23.4 Å². The highest BCUT2D eigenvalue weighted by atomic mass is 19.1. The zero-order chi connectivity index (χ0) is 30.3. The van der Waals surface area contributed by atoms with Gasteiger partial charge in [-0.25, -0.2) is 4.39 Å². The van der Waals surface area contributed by atoms with E-state index in [0.717, 1.165) is 35.5 Å². The lowest BCUT2D eigenvalue weighted by Crippen LogP contribution is -2.31. The third-order valence-electron chi connectivity index (χ3n) is 7.67. The monoisotopic (exact) mass is 585 g/mol. The van der Waals surface area contributed by atoms with Crippen LogP contribution in [0.1, 0.15) is 27.1 Å². The van der Waals surface area contributed by atoms with Gasteiger partial charge < -0.3 is 19.9 Å². The summed E-state index contributed by atoms with van der Waals surface area (Å²) in [6.07, 6.45) is 0.759. The predicted octanol–water partition coefficient (Wildman–Crippen LogP) is 7.68. The molecule has 220 valence electrons. The van der Waals surface area contributed by atoms with E-state index in [2.05, 4.69) is 10.2 Å². The lowest BCUT2D eigenvalue weighted by molar-refractivity contribution is 0.0986. The van der Waals surface area contributed by atoms with Gasteiger partial charge >= 0.3 is 0 Å². The molecule has 5 aromatic carbocycles. The van der Waals surface area contributed by atoms with Crippen LogP contribution >= 0.6 is 0 Å². The number of anilines is 3. The Bertz CT molecular complexity index is 1760. The Morgan fingerprint density at radius 2 is 1.41 bits per heavy atom. The van der Waals surface area contributed by atoms with Crippen LogP contribution < -0.4 is 19.9 Å². The summed E-state index contributed by atoms with van der Waals surface area (Å²) < 4.78 is 19.7. The number of fused-ring (bicyclic) bond motifs is 1. The fraction of sp³-hybridized carbons (Fsp3) is 0.135. The van der Waals surface area contributed by atoms with Crippen molar-refractivity contribution in [1.82, 2.24) is 0 Å². The molecule has 1 aliphatic heterocycles. The summed E-state index contributed by atoms with van der Waals surface area (Å²) in [5.41, 5.74) is 5.26. The number of halogens is 1. The van der Waals surface area contributed by atoms with Gasteiger partial charge in [0.05, 0.1) is 17.9 Å². The third-order valence-corrected chi connectivity index (χ3v) is 7.67. The van der Waals surface area contributed by atoms with Gasteiger partial charge in [0.15, 0.2) is 11.6 Å². The average Bonchev–Trinajstić information content (AvgIpc) is 3.25. The number of hydrogen-bond donors (Lipinski definition) is 1. The predicted molar refractivity (Wildman–Crippen MR) is 173 cm³/mol. The van der Waals surface area contributed by atoms with Gasteiger partial charge in [0.2, 0.25) is 0 Å². The van der Waals surface area contributed by atoms with Gasteiger partial charge in [0, 0.05) is 29.9 Å². The van der Waals surface area contributed by atoms with Gasteiger partial charge in [-0.05, 0) is 72.1 Å². The number of rotatable bonds is 8. The summed E-state index contributed by atoms with van der Waals surface area (Å²) in [6, 6.07) is 38.5. The molecule has 0 bridgehead atoms. The van der Waals surface area contributed by atoms with Crippen LogP contribution in [-0.4, -0.2) is 38.1 Å². The first kappa shape index (κ1) is 28.7. The minimum atomic E-state index is -0.386. The van der Waals surface area contributed by atoms with Crippen LogP contribution in [-0.2, 0) is 0 Å². The number of ether oxygens (including phenoxy) is 1. The van der Waals surface area contributed by atoms with E-state index < -0.39 is 0 Å². The van der Waals surface area contributed by atoms with Gasteiger partial charge in [0.25, 0.3) is 11.8 Å². The number of carbonyl (C=O) groups excluding carboxylic acids is 2. The molecule has 1 heterocycles. The van der Waals surface area contributed by atoms with Gasteiger partial charge in [0.1, 0.15) is 6.61 Å². The first-order valence-corrected chi connectivity index (χ1v) is 14.7. The van der Waals surface area contributed by atoms with Crippen molar-refractivity contribution in [1.29, 1.82) is 0 Å². The van der Waals surface area contributed by atoms with Crippen molar-refractivity contribution >= 4 is 28.9 Å². The summed E-state index contributed by atoms with van der Waals surface area (Å²) in [7, 11) is 0. The maximum Gasteiger partial charge on any atom is 0.258 e. The highest BCUT2D eigenvalue weighted by Crippen LogP contribution is 2.33. The molecule has 6 nitrogen and oxygen atoms in total. The second-order valence-corrected chi connectivity index (χ2v) is 10.5. The Hall–Kier alpha value is -5.43. The number of benzene rings is 5. The van der Waals surface area contributed by atoms with Crippen molar-refractivity contribution in [3.05, 3.63) is 144 Å². The van der Waals surface area contributed by atoms with E-state index in [0.29, 0.717) is 36.5 Å². The molecule has 0 atom stereocenters. The maximum atomic E-state index is 14.0. The molecule has 0 fully saturated rings. The van der Waals surface area contributed by atoms with Crippen LogP contribution in [0.4, 0.5) is 21.5 Å². The first-order chi connectivity index (χ1) is 21.6. The second kappa shape index (κ2) is 13.3. The van der Waals surface area contributed by atoms with E-state index in [4.69, 9.17) is 4.74 Å². The van der Waals surface area contributed by atoms with Crippen LogP contribution in [0.2, 0.25) is 0 Å². The Morgan fingerprint density at radius 3 is 2.20 bits per heavy atom. The quantitative estimate of drug-likeness (QED) is 0.203. The van der Waals surface area contributed by atoms with E-state index >= 15 is 0 Å². The zero-order valence-electron chi connectivity index (χ0n) is 24.2. The number of nitrogens with one attached hydrogen (secondary N) is 1. The zero-order valence-corrected chi connectivity index (χ0v) is 24.2. The van der Waals surface area contributed by atoms with Crippen LogP contribution in [0.5, 0.6) is 5.75 Å². The molecule has 0 saturated heterocycles. The van der Waals surface area contributed by atoms with E-state index in [1.165, 1.54) is 6.07 Å². The minimum Gasteiger partial charge on any atom is -0.489 e. The number of nitrogens with zero attached hydrogens (tertiary/aromatic N) is 2. The van der Waals surface area contributed by atoms with Crippen molar-refractivity contribution in [2.24, 2.45) is 0 Å². The average molecular weight is 586 g/mol. The molecule has 0 aromatic heterocycles. The molecular weight excluding hydrogens is 553 g/mol. The maximum absolute atomic E-state index is 14.0. The Labute approximate surface area is 256 Å². The van der Waals surface area contributed by atoms with Gasteiger partial charge in [-0.3, -0.25) is 9.59 Å². The van der Waals surface area contributed by atoms with Crippen molar-refractivity contribution in [3.63, 3.8) is 0 Å². The Kier molecular flexibility index (Phi) is 8.64. The number of carbonyl (C=O) groups is 2. The van der Waals surface area contributed by atoms with Crippen molar-refractivity contribution in [2.75, 3.05) is 41.4 Å². The van der Waals surface area contributed by atoms with Crippen molar-refractivity contribution in [2.45, 2.75) is 6.42 Å². The summed E-state index contributed by atoms with van der Waals surface area (Å²) in [5.74, 6) is -0.492. The minimum absolute atomic E-state index is 0.116. The van der Waals surface area contributed by atoms with Crippen molar-refractivity contribution < 1.29 is 18.7 Å². The van der Waals surface area contributed by atoms with Crippen molar-refractivity contribution in [3.8, 4) is 16.9 Å². The molecule has 5 aromatic rings. The van der Waals surface area contributed by atoms with Crippen LogP contribution in [0.3, 0.4) is 0 Å². The normalized spacial score (nSPS) is 12.7. The van der Waals surface area contributed by atoms with Gasteiger partial charge in [-0.15, -0.1) is 0 Å². The molecule has 6 rings (SSSR count). The lowest BCUT2D eigenvalue weighted by atomic mass is 9.99. The van der Waals surface area contributed by atoms with E-state index in [1.807, 2.05) is 78.9 Å². The second-order valence-electron chi connectivity index (χ2n) is 10.5. The summed E-state index contributed by atoms with van der Waals surface area (Å²) in [6.45, 7) is 2.15. The largest absolute Gasteiger partial charge is 0.489 e. The SMILES string of the molecule is O=C(Nc1ccc(C(=O)N2CCCN(CCOc3ccccc3F)c3ccccc32)cc1)c1ccccc1-c1ccccc1. The number of amides is 2. The fourth-order valence-electron chi connectivity index (χ4n) is 5.49. The summed E-state index contributed by atoms with van der Waals surface area (Å²) >= 11 is 0. The topological polar surface area (TPSA) is 61.9 Å². The molecule has 0 unspecified atom stereocenters. The molecule has 1 N–H and O–H groups in total. The number of hydrogen-bond acceptors (Lipinski definition) is 4. The summed E-state index contributed by atoms with van der Waals surface area (Å²) in [5, 5.41) is 2.97. The molecular formula is C37H32FN3O3. The molecule has 0 saturated carbocycles. The first-order valence-electron chi connectivity index (χ1n) is 14.7. The highest BCUT2D eigenvalue weighted by Gasteiger charge is 2.25. The van der Waals surface area contributed by atoms with Gasteiger partial charge in [-0.2, -0.15) is 0 Å². The molecule has 0 spiro atoms. The molecule has 1 aliphatic rings. The smallest absolute Gasteiger partial charge is 0.258 e. The number of para-hydroxylation sites is 3. The van der Waals surface area contributed by atoms with E-state index in [1.54, 1.807) is 47.4 Å². The van der Waals surface area contributed by atoms with E-state index in [9.17, 15) is 14.0 Å². The molecule has 7 heteroatoms. The third kappa shape index (κ3) is 6.32. The fourth-order valence-corrected chi connectivity index (χ4v) is 5.49. The summed E-state index contributed by atoms with van der Waals surface area (Å²) in [4.78, 5) is 31.0. The standard InChI is InChI=1S/C37H32FN3O3/c38-32-15-6-9-18-35(32)44-26-25-40-23-10-24-41(34-17-8-7-16-33(34)40)37(43)28-19-21-29(22-20-28)39-36(42)31-14-5-4-13-30(31)27-11-2-1-3-12-27/h1-9,11-22H,10,23-26H2,(H,39,42).